The van der Waals surface area contributed by atoms with Crippen LogP contribution in [0.3, 0.4) is 0 Å². The lowest BCUT2D eigenvalue weighted by Crippen LogP contribution is -2.30. The van der Waals surface area contributed by atoms with Crippen molar-refractivity contribution in [3.8, 4) is 0 Å². The normalized spacial score (nSPS) is 13.5. The largest absolute Gasteiger partial charge is 0.462 e. The Morgan fingerprint density at radius 2 is 1.80 bits per heavy atom. The van der Waals surface area contributed by atoms with Crippen molar-refractivity contribution in [2.75, 3.05) is 32.1 Å². The number of hydrogen-bond donors (Lipinski definition) is 1. The molecule has 0 atom stereocenters. The predicted molar refractivity (Wildman–Crippen MR) is 87.3 cm³/mol. The van der Waals surface area contributed by atoms with Crippen molar-refractivity contribution >= 4 is 23.5 Å². The van der Waals surface area contributed by atoms with Crippen LogP contribution in [0.5, 0.6) is 0 Å². The third-order valence-corrected chi connectivity index (χ3v) is 3.50. The van der Waals surface area contributed by atoms with E-state index < -0.39 is 23.7 Å². The molecule has 1 aliphatic rings. The van der Waals surface area contributed by atoms with E-state index in [0.29, 0.717) is 0 Å². The maximum Gasteiger partial charge on any atom is 0.347 e. The van der Waals surface area contributed by atoms with Gasteiger partial charge in [-0.15, -0.1) is 0 Å². The molecule has 2 rings (SSSR count). The van der Waals surface area contributed by atoms with Gasteiger partial charge in [0, 0.05) is 7.05 Å². The van der Waals surface area contributed by atoms with Gasteiger partial charge in [0.1, 0.15) is 5.82 Å². The predicted octanol–water partition coefficient (Wildman–Crippen LogP) is 1.70. The van der Waals surface area contributed by atoms with Crippen molar-refractivity contribution in [1.82, 2.24) is 4.90 Å². The van der Waals surface area contributed by atoms with Crippen LogP contribution in [0, 0.1) is 5.82 Å². The van der Waals surface area contributed by atoms with E-state index in [1.165, 1.54) is 24.1 Å². The van der Waals surface area contributed by atoms with Crippen LogP contribution in [-0.4, -0.2) is 49.6 Å². The molecule has 0 unspecified atom stereocenters. The summed E-state index contributed by atoms with van der Waals surface area (Å²) >= 11 is 0. The minimum atomic E-state index is -0.852. The van der Waals surface area contributed by atoms with Crippen LogP contribution in [0.15, 0.2) is 29.5 Å². The minimum absolute atomic E-state index is 0.0674. The lowest BCUT2D eigenvalue weighted by Gasteiger charge is -2.17. The monoisotopic (exact) mass is 350 g/mol. The SMILES string of the molecule is CCOC(=O)C(C(=O)OCC)=C1CN(C)C(=O)c2cc(F)ccc2N1. The number of carbonyl (C=O) groups is 3. The molecule has 0 fully saturated rings. The van der Waals surface area contributed by atoms with Crippen molar-refractivity contribution in [2.24, 2.45) is 0 Å². The van der Waals surface area contributed by atoms with Gasteiger partial charge in [0.05, 0.1) is 36.7 Å². The zero-order valence-electron chi connectivity index (χ0n) is 14.2. The van der Waals surface area contributed by atoms with Gasteiger partial charge in [-0.05, 0) is 32.0 Å². The molecule has 1 aromatic rings. The first-order valence-electron chi connectivity index (χ1n) is 7.78. The molecular weight excluding hydrogens is 331 g/mol. The number of ether oxygens (including phenoxy) is 2. The smallest absolute Gasteiger partial charge is 0.347 e. The highest BCUT2D eigenvalue weighted by atomic mass is 19.1. The fraction of sp³-hybridized carbons (Fsp3) is 0.353. The fourth-order valence-corrected chi connectivity index (χ4v) is 2.40. The fourth-order valence-electron chi connectivity index (χ4n) is 2.40. The number of rotatable bonds is 4. The van der Waals surface area contributed by atoms with Crippen molar-refractivity contribution in [2.45, 2.75) is 13.8 Å². The number of carbonyl (C=O) groups excluding carboxylic acids is 3. The first kappa shape index (κ1) is 18.4. The first-order chi connectivity index (χ1) is 11.9. The van der Waals surface area contributed by atoms with Crippen LogP contribution in [0.4, 0.5) is 10.1 Å². The van der Waals surface area contributed by atoms with Crippen molar-refractivity contribution in [1.29, 1.82) is 0 Å². The number of amides is 1. The standard InChI is InChI=1S/C17H19FN2O5/c1-4-24-16(22)14(17(23)25-5-2)13-9-20(3)15(21)11-8-10(18)6-7-12(11)19-13/h6-8,19H,4-5,9H2,1-3H3. The number of halogens is 1. The Hall–Kier alpha value is -2.90. The number of anilines is 1. The first-order valence-corrected chi connectivity index (χ1v) is 7.78. The topological polar surface area (TPSA) is 84.9 Å². The van der Waals surface area contributed by atoms with Crippen molar-refractivity contribution < 1.29 is 28.2 Å². The Kier molecular flexibility index (Phi) is 5.74. The molecule has 1 aromatic carbocycles. The van der Waals surface area contributed by atoms with Crippen molar-refractivity contribution in [3.63, 3.8) is 0 Å². The number of fused-ring (bicyclic) bond motifs is 1. The van der Waals surface area contributed by atoms with E-state index in [0.717, 1.165) is 6.07 Å². The highest BCUT2D eigenvalue weighted by molar-refractivity contribution is 6.15. The highest BCUT2D eigenvalue weighted by Crippen LogP contribution is 2.26. The molecule has 0 saturated carbocycles. The lowest BCUT2D eigenvalue weighted by atomic mass is 10.1. The summed E-state index contributed by atoms with van der Waals surface area (Å²) in [5.74, 6) is -2.71. The molecule has 0 radical (unpaired) electrons. The summed E-state index contributed by atoms with van der Waals surface area (Å²) in [7, 11) is 1.48. The summed E-state index contributed by atoms with van der Waals surface area (Å²) in [4.78, 5) is 38.2. The number of hydrogen-bond acceptors (Lipinski definition) is 6. The van der Waals surface area contributed by atoms with E-state index in [2.05, 4.69) is 5.32 Å². The summed E-state index contributed by atoms with van der Waals surface area (Å²) in [6.45, 7) is 3.30. The summed E-state index contributed by atoms with van der Waals surface area (Å²) < 4.78 is 23.3. The van der Waals surface area contributed by atoms with Gasteiger partial charge in [-0.2, -0.15) is 0 Å². The van der Waals surface area contributed by atoms with E-state index in [-0.39, 0.29) is 42.3 Å². The molecule has 7 nitrogen and oxygen atoms in total. The van der Waals surface area contributed by atoms with Gasteiger partial charge in [0.15, 0.2) is 5.57 Å². The van der Waals surface area contributed by atoms with E-state index >= 15 is 0 Å². The highest BCUT2D eigenvalue weighted by Gasteiger charge is 2.31. The van der Waals surface area contributed by atoms with Crippen molar-refractivity contribution in [3.05, 3.63) is 40.8 Å². The van der Waals surface area contributed by atoms with Crippen LogP contribution < -0.4 is 5.32 Å². The third-order valence-electron chi connectivity index (χ3n) is 3.50. The second-order valence-electron chi connectivity index (χ2n) is 5.27. The number of nitrogens with zero attached hydrogens (tertiary/aromatic N) is 1. The van der Waals surface area contributed by atoms with Gasteiger partial charge in [0.2, 0.25) is 0 Å². The molecule has 0 aromatic heterocycles. The number of likely N-dealkylation sites (N-methyl/N-ethyl adjacent to an activating group) is 1. The quantitative estimate of drug-likeness (QED) is 0.385. The molecule has 0 aliphatic carbocycles. The Bertz CT molecular complexity index is 725. The summed E-state index contributed by atoms with van der Waals surface area (Å²) in [6.07, 6.45) is 0. The van der Waals surface area contributed by atoms with Gasteiger partial charge in [-0.3, -0.25) is 4.79 Å². The molecule has 1 aliphatic heterocycles. The average molecular weight is 350 g/mol. The van der Waals surface area contributed by atoms with Gasteiger partial charge in [0.25, 0.3) is 5.91 Å². The number of benzene rings is 1. The molecule has 1 heterocycles. The molecule has 0 bridgehead atoms. The Labute approximate surface area is 144 Å². The van der Waals surface area contributed by atoms with Crippen LogP contribution >= 0.6 is 0 Å². The van der Waals surface area contributed by atoms with Gasteiger partial charge in [-0.1, -0.05) is 0 Å². The Morgan fingerprint density at radius 3 is 2.36 bits per heavy atom. The van der Waals surface area contributed by atoms with Crippen LogP contribution in [0.25, 0.3) is 0 Å². The zero-order chi connectivity index (χ0) is 18.6. The lowest BCUT2D eigenvalue weighted by molar-refractivity contribution is -0.146. The molecule has 0 spiro atoms. The van der Waals surface area contributed by atoms with Gasteiger partial charge in [-0.25, -0.2) is 14.0 Å². The third kappa shape index (κ3) is 3.96. The van der Waals surface area contributed by atoms with E-state index in [1.54, 1.807) is 13.8 Å². The maximum atomic E-state index is 13.5. The molecule has 1 amide bonds. The number of esters is 2. The van der Waals surface area contributed by atoms with Crippen LogP contribution in [0.2, 0.25) is 0 Å². The summed E-state index contributed by atoms with van der Waals surface area (Å²) in [6, 6.07) is 3.64. The zero-order valence-corrected chi connectivity index (χ0v) is 14.2. The molecule has 8 heteroatoms. The molecule has 0 saturated heterocycles. The van der Waals surface area contributed by atoms with E-state index in [9.17, 15) is 18.8 Å². The van der Waals surface area contributed by atoms with Gasteiger partial charge >= 0.3 is 11.9 Å². The number of nitrogens with one attached hydrogen (secondary N) is 1. The Balaban J connectivity index is 2.57. The molecule has 25 heavy (non-hydrogen) atoms. The molecule has 134 valence electrons. The van der Waals surface area contributed by atoms with Crippen LogP contribution in [0.1, 0.15) is 24.2 Å². The van der Waals surface area contributed by atoms with E-state index in [4.69, 9.17) is 9.47 Å². The minimum Gasteiger partial charge on any atom is -0.462 e. The summed E-state index contributed by atoms with van der Waals surface area (Å²) in [5.41, 5.74) is 0.222. The average Bonchev–Trinajstić information content (AvgIpc) is 2.66. The summed E-state index contributed by atoms with van der Waals surface area (Å²) in [5, 5.41) is 2.88. The second kappa shape index (κ2) is 7.78. The molecular formula is C17H19FN2O5. The maximum absolute atomic E-state index is 13.5. The second-order valence-corrected chi connectivity index (χ2v) is 5.27. The molecule has 1 N–H and O–H groups in total. The van der Waals surface area contributed by atoms with E-state index in [1.807, 2.05) is 0 Å². The van der Waals surface area contributed by atoms with Gasteiger partial charge < -0.3 is 19.7 Å². The van der Waals surface area contributed by atoms with Crippen LogP contribution in [-0.2, 0) is 19.1 Å². The Morgan fingerprint density at radius 1 is 1.20 bits per heavy atom.